The highest BCUT2D eigenvalue weighted by Gasteiger charge is 2.20. The van der Waals surface area contributed by atoms with Crippen molar-refractivity contribution >= 4 is 28.5 Å². The summed E-state index contributed by atoms with van der Waals surface area (Å²) in [6.45, 7) is 10.2. The van der Waals surface area contributed by atoms with Crippen molar-refractivity contribution in [2.45, 2.75) is 66.6 Å². The summed E-state index contributed by atoms with van der Waals surface area (Å²) in [7, 11) is 0. The molecule has 0 amide bonds. The van der Waals surface area contributed by atoms with Crippen LogP contribution in [0.4, 0.5) is 0 Å². The highest BCUT2D eigenvalue weighted by Crippen LogP contribution is 2.39. The van der Waals surface area contributed by atoms with Crippen LogP contribution in [0, 0.1) is 13.8 Å². The zero-order valence-corrected chi connectivity index (χ0v) is 19.4. The Balaban J connectivity index is 1.95. The fourth-order valence-corrected chi connectivity index (χ4v) is 3.87. The molecule has 0 aliphatic rings. The molecule has 31 heavy (non-hydrogen) atoms. The Morgan fingerprint density at radius 3 is 2.58 bits per heavy atom. The highest BCUT2D eigenvalue weighted by atomic mass is 35.5. The molecule has 2 aromatic carbocycles. The number of rotatable bonds is 9. The van der Waals surface area contributed by atoms with Gasteiger partial charge in [0.1, 0.15) is 29.4 Å². The van der Waals surface area contributed by atoms with Crippen LogP contribution < -0.4 is 9.47 Å². The third-order valence-corrected chi connectivity index (χ3v) is 5.67. The Morgan fingerprint density at radius 2 is 1.94 bits per heavy atom. The molecule has 3 rings (SSSR count). The lowest BCUT2D eigenvalue weighted by atomic mass is 9.99. The number of fused-ring (bicyclic) bond motifs is 1. The predicted molar refractivity (Wildman–Crippen MR) is 123 cm³/mol. The molecule has 0 aliphatic heterocycles. The lowest BCUT2D eigenvalue weighted by Crippen LogP contribution is -2.10. The van der Waals surface area contributed by atoms with Gasteiger partial charge in [0.05, 0.1) is 16.7 Å². The number of carboxylic acid groups (broad SMARTS) is 1. The van der Waals surface area contributed by atoms with Crippen LogP contribution in [-0.2, 0) is 24.2 Å². The minimum atomic E-state index is -0.801. The molecule has 0 unspecified atom stereocenters. The van der Waals surface area contributed by atoms with Crippen LogP contribution in [0.3, 0.4) is 0 Å². The summed E-state index contributed by atoms with van der Waals surface area (Å²) >= 11 is 6.55. The number of furan rings is 1. The lowest BCUT2D eigenvalue weighted by Gasteiger charge is -2.18. The summed E-state index contributed by atoms with van der Waals surface area (Å²) in [5.41, 5.74) is 4.55. The molecule has 0 spiro atoms. The maximum atomic E-state index is 10.9. The molecule has 1 heterocycles. The minimum absolute atomic E-state index is 0.0493. The number of hydrogen-bond acceptors (Lipinski definition) is 4. The van der Waals surface area contributed by atoms with Gasteiger partial charge in [0.2, 0.25) is 0 Å². The molecule has 1 N–H and O–H groups in total. The normalized spacial score (nSPS) is 11.3. The van der Waals surface area contributed by atoms with Gasteiger partial charge < -0.3 is 19.0 Å². The van der Waals surface area contributed by atoms with Crippen LogP contribution in [0.1, 0.15) is 55.2 Å². The van der Waals surface area contributed by atoms with Crippen molar-refractivity contribution in [3.8, 4) is 11.5 Å². The Bertz CT molecular complexity index is 1100. The number of ether oxygens (including phenoxy) is 2. The Morgan fingerprint density at radius 1 is 1.19 bits per heavy atom. The van der Waals surface area contributed by atoms with Crippen LogP contribution in [0.5, 0.6) is 11.5 Å². The van der Waals surface area contributed by atoms with Gasteiger partial charge in [0.25, 0.3) is 0 Å². The standard InChI is InChI=1S/C25H29ClO5/c1-6-19-11-18-12-21(26)25(30-14(2)3)20(24(18)31-19)13-29-22-9-7-17(8-10-23(27)28)15(4)16(22)5/h7,9,11-12,14H,6,8,10,13H2,1-5H3,(H,27,28). The molecule has 1 aromatic heterocycles. The maximum absolute atomic E-state index is 10.9. The van der Waals surface area contributed by atoms with Gasteiger partial charge in [-0.2, -0.15) is 0 Å². The molecular formula is C25H29ClO5. The summed E-state index contributed by atoms with van der Waals surface area (Å²) in [6, 6.07) is 7.69. The molecular weight excluding hydrogens is 416 g/mol. The molecule has 0 aliphatic carbocycles. The van der Waals surface area contributed by atoms with E-state index in [0.717, 1.165) is 51.2 Å². The first-order valence-corrected chi connectivity index (χ1v) is 10.9. The van der Waals surface area contributed by atoms with E-state index in [2.05, 4.69) is 0 Å². The third kappa shape index (κ3) is 5.16. The van der Waals surface area contributed by atoms with E-state index in [4.69, 9.17) is 30.6 Å². The number of benzene rings is 2. The number of carbonyl (C=O) groups is 1. The number of halogens is 1. The van der Waals surface area contributed by atoms with Crippen molar-refractivity contribution in [3.05, 3.63) is 57.3 Å². The molecule has 0 radical (unpaired) electrons. The molecule has 0 saturated heterocycles. The molecule has 0 fully saturated rings. The predicted octanol–water partition coefficient (Wildman–Crippen LogP) is 6.65. The Hall–Kier alpha value is -2.66. The molecule has 0 atom stereocenters. The second kappa shape index (κ2) is 9.65. The maximum Gasteiger partial charge on any atom is 0.303 e. The molecule has 5 nitrogen and oxygen atoms in total. The number of carboxylic acids is 1. The van der Waals surface area contributed by atoms with E-state index in [1.54, 1.807) is 0 Å². The van der Waals surface area contributed by atoms with E-state index < -0.39 is 5.97 Å². The van der Waals surface area contributed by atoms with Crippen molar-refractivity contribution in [2.75, 3.05) is 0 Å². The second-order valence-electron chi connectivity index (χ2n) is 7.97. The average molecular weight is 445 g/mol. The van der Waals surface area contributed by atoms with Crippen LogP contribution in [0.25, 0.3) is 11.0 Å². The number of aryl methyl sites for hydroxylation is 2. The molecule has 0 bridgehead atoms. The first kappa shape index (κ1) is 23.0. The van der Waals surface area contributed by atoms with Gasteiger partial charge in [0, 0.05) is 18.2 Å². The van der Waals surface area contributed by atoms with Gasteiger partial charge in [0.15, 0.2) is 0 Å². The molecule has 0 saturated carbocycles. The lowest BCUT2D eigenvalue weighted by molar-refractivity contribution is -0.136. The van der Waals surface area contributed by atoms with Crippen LogP contribution in [0.2, 0.25) is 5.02 Å². The fourth-order valence-electron chi connectivity index (χ4n) is 3.59. The zero-order chi connectivity index (χ0) is 22.7. The van der Waals surface area contributed by atoms with Crippen LogP contribution >= 0.6 is 11.6 Å². The molecule has 3 aromatic rings. The zero-order valence-electron chi connectivity index (χ0n) is 18.7. The van der Waals surface area contributed by atoms with Crippen molar-refractivity contribution in [1.82, 2.24) is 0 Å². The molecule has 166 valence electrons. The first-order chi connectivity index (χ1) is 14.7. The van der Waals surface area contributed by atoms with Gasteiger partial charge in [-0.15, -0.1) is 0 Å². The largest absolute Gasteiger partial charge is 0.489 e. The highest BCUT2D eigenvalue weighted by molar-refractivity contribution is 6.33. The topological polar surface area (TPSA) is 68.9 Å². The van der Waals surface area contributed by atoms with Crippen LogP contribution in [-0.4, -0.2) is 17.2 Å². The van der Waals surface area contributed by atoms with Crippen molar-refractivity contribution in [1.29, 1.82) is 0 Å². The Kier molecular flexibility index (Phi) is 7.16. The monoisotopic (exact) mass is 444 g/mol. The van der Waals surface area contributed by atoms with Gasteiger partial charge >= 0.3 is 5.97 Å². The summed E-state index contributed by atoms with van der Waals surface area (Å²) in [6.07, 6.45) is 1.33. The van der Waals surface area contributed by atoms with Gasteiger partial charge in [-0.05, 0) is 69.0 Å². The van der Waals surface area contributed by atoms with E-state index in [1.807, 2.05) is 58.9 Å². The van der Waals surface area contributed by atoms with Crippen molar-refractivity contribution < 1.29 is 23.8 Å². The van der Waals surface area contributed by atoms with Crippen LogP contribution in [0.15, 0.2) is 28.7 Å². The minimum Gasteiger partial charge on any atom is -0.489 e. The van der Waals surface area contributed by atoms with E-state index in [1.165, 1.54) is 0 Å². The summed E-state index contributed by atoms with van der Waals surface area (Å²) in [5, 5.41) is 10.4. The Labute approximate surface area is 187 Å². The summed E-state index contributed by atoms with van der Waals surface area (Å²) in [4.78, 5) is 10.9. The van der Waals surface area contributed by atoms with E-state index >= 15 is 0 Å². The van der Waals surface area contributed by atoms with E-state index in [-0.39, 0.29) is 19.1 Å². The SMILES string of the molecule is CCc1cc2cc(Cl)c(OC(C)C)c(COc3ccc(CCC(=O)O)c(C)c3C)c2o1. The first-order valence-electron chi connectivity index (χ1n) is 10.5. The summed E-state index contributed by atoms with van der Waals surface area (Å²) < 4.78 is 18.3. The van der Waals surface area contributed by atoms with E-state index in [0.29, 0.717) is 17.2 Å². The van der Waals surface area contributed by atoms with Gasteiger partial charge in [-0.3, -0.25) is 4.79 Å². The van der Waals surface area contributed by atoms with E-state index in [9.17, 15) is 4.79 Å². The fraction of sp³-hybridized carbons (Fsp3) is 0.400. The average Bonchev–Trinajstić information content (AvgIpc) is 3.12. The summed E-state index contributed by atoms with van der Waals surface area (Å²) in [5.74, 6) is 1.39. The second-order valence-corrected chi connectivity index (χ2v) is 8.38. The quantitative estimate of drug-likeness (QED) is 0.400. The third-order valence-electron chi connectivity index (χ3n) is 5.39. The van der Waals surface area contributed by atoms with Crippen molar-refractivity contribution in [3.63, 3.8) is 0 Å². The number of aliphatic carboxylic acids is 1. The van der Waals surface area contributed by atoms with Gasteiger partial charge in [-0.1, -0.05) is 24.6 Å². The van der Waals surface area contributed by atoms with Crippen molar-refractivity contribution in [2.24, 2.45) is 0 Å². The number of hydrogen-bond donors (Lipinski definition) is 1. The smallest absolute Gasteiger partial charge is 0.303 e. The van der Waals surface area contributed by atoms with Gasteiger partial charge in [-0.25, -0.2) is 0 Å². The molecule has 6 heteroatoms.